The van der Waals surface area contributed by atoms with Gasteiger partial charge in [-0.15, -0.1) is 0 Å². The number of aromatic nitrogens is 4. The smallest absolute Gasteiger partial charge is 0.167 e. The highest BCUT2D eigenvalue weighted by Crippen LogP contribution is 2.31. The normalized spacial score (nSPS) is 22.8. The Balaban J connectivity index is 1.58. The van der Waals surface area contributed by atoms with Crippen molar-refractivity contribution < 1.29 is 20.1 Å². The fourth-order valence-corrected chi connectivity index (χ4v) is 3.06. The molecule has 3 heterocycles. The molecule has 1 aliphatic rings. The van der Waals surface area contributed by atoms with E-state index in [1.54, 1.807) is 23.0 Å². The second kappa shape index (κ2) is 6.87. The third-order valence-electron chi connectivity index (χ3n) is 4.40. The first-order valence-electron chi connectivity index (χ1n) is 8.29. The molecule has 9 nitrogen and oxygen atoms in total. The lowest BCUT2D eigenvalue weighted by Gasteiger charge is -2.16. The average Bonchev–Trinajstić information content (AvgIpc) is 3.24. The van der Waals surface area contributed by atoms with E-state index >= 15 is 0 Å². The minimum absolute atomic E-state index is 0.144. The molecule has 26 heavy (non-hydrogen) atoms. The summed E-state index contributed by atoms with van der Waals surface area (Å²) < 4.78 is 7.33. The second-order valence-corrected chi connectivity index (χ2v) is 6.20. The Morgan fingerprint density at radius 2 is 2.00 bits per heavy atom. The largest absolute Gasteiger partial charge is 0.508 e. The van der Waals surface area contributed by atoms with E-state index in [1.807, 2.05) is 12.1 Å². The zero-order valence-corrected chi connectivity index (χ0v) is 13.9. The van der Waals surface area contributed by atoms with Crippen molar-refractivity contribution in [3.05, 3.63) is 42.5 Å². The minimum atomic E-state index is -0.743. The Morgan fingerprint density at radius 1 is 1.19 bits per heavy atom. The van der Waals surface area contributed by atoms with E-state index in [9.17, 15) is 15.3 Å². The quantitative estimate of drug-likeness (QED) is 0.528. The molecule has 1 saturated heterocycles. The molecule has 0 saturated carbocycles. The number of hydrogen-bond acceptors (Lipinski definition) is 8. The first-order chi connectivity index (χ1) is 12.7. The van der Waals surface area contributed by atoms with Crippen LogP contribution in [0.4, 0.5) is 5.82 Å². The molecular weight excluding hydrogens is 338 g/mol. The Hall–Kier alpha value is -2.75. The van der Waals surface area contributed by atoms with Gasteiger partial charge in [-0.2, -0.15) is 0 Å². The summed E-state index contributed by atoms with van der Waals surface area (Å²) in [5.41, 5.74) is 2.08. The predicted molar refractivity (Wildman–Crippen MR) is 92.4 cm³/mol. The lowest BCUT2D eigenvalue weighted by atomic mass is 10.2. The number of benzene rings is 1. The summed E-state index contributed by atoms with van der Waals surface area (Å²) in [5, 5.41) is 32.0. The van der Waals surface area contributed by atoms with Gasteiger partial charge in [0.05, 0.1) is 19.0 Å². The van der Waals surface area contributed by atoms with Crippen LogP contribution in [0.1, 0.15) is 18.2 Å². The first kappa shape index (κ1) is 16.7. The monoisotopic (exact) mass is 357 g/mol. The second-order valence-electron chi connectivity index (χ2n) is 6.20. The number of nitrogens with zero attached hydrogens (tertiary/aromatic N) is 4. The maximum atomic E-state index is 10.2. The number of phenolic OH excluding ortho intramolecular Hbond substituents is 1. The number of aromatic hydroxyl groups is 1. The maximum Gasteiger partial charge on any atom is 0.167 e. The topological polar surface area (TPSA) is 126 Å². The van der Waals surface area contributed by atoms with E-state index in [4.69, 9.17) is 4.74 Å². The maximum absolute atomic E-state index is 10.2. The zero-order valence-electron chi connectivity index (χ0n) is 13.9. The van der Waals surface area contributed by atoms with Crippen LogP contribution in [0.3, 0.4) is 0 Å². The van der Waals surface area contributed by atoms with Gasteiger partial charge >= 0.3 is 0 Å². The van der Waals surface area contributed by atoms with E-state index in [0.29, 0.717) is 29.9 Å². The molecule has 1 aromatic carbocycles. The van der Waals surface area contributed by atoms with Crippen molar-refractivity contribution in [1.29, 1.82) is 0 Å². The number of imidazole rings is 1. The van der Waals surface area contributed by atoms with Gasteiger partial charge in [-0.05, 0) is 17.7 Å². The summed E-state index contributed by atoms with van der Waals surface area (Å²) >= 11 is 0. The van der Waals surface area contributed by atoms with Gasteiger partial charge in [0.1, 0.15) is 18.2 Å². The molecule has 0 bridgehead atoms. The van der Waals surface area contributed by atoms with Gasteiger partial charge in [-0.3, -0.25) is 4.57 Å². The van der Waals surface area contributed by atoms with E-state index < -0.39 is 18.4 Å². The number of rotatable bonds is 5. The molecule has 1 aliphatic heterocycles. The van der Waals surface area contributed by atoms with E-state index in [1.165, 1.54) is 6.33 Å². The summed E-state index contributed by atoms with van der Waals surface area (Å²) in [6.07, 6.45) is 1.55. The van der Waals surface area contributed by atoms with Crippen LogP contribution in [0.5, 0.6) is 5.75 Å². The van der Waals surface area contributed by atoms with Crippen LogP contribution in [-0.2, 0) is 11.3 Å². The molecule has 3 aromatic rings. The lowest BCUT2D eigenvalue weighted by molar-refractivity contribution is -0.0486. The third-order valence-corrected chi connectivity index (χ3v) is 4.40. The number of aliphatic hydroxyl groups excluding tert-OH is 2. The molecule has 4 rings (SSSR count). The van der Waals surface area contributed by atoms with Gasteiger partial charge in [-0.25, -0.2) is 15.0 Å². The Morgan fingerprint density at radius 3 is 2.73 bits per heavy atom. The molecule has 1 unspecified atom stereocenters. The van der Waals surface area contributed by atoms with Gasteiger partial charge in [0.15, 0.2) is 23.2 Å². The van der Waals surface area contributed by atoms with E-state index in [-0.39, 0.29) is 12.4 Å². The molecule has 0 amide bonds. The molecule has 1 fully saturated rings. The number of phenols is 1. The van der Waals surface area contributed by atoms with Crippen molar-refractivity contribution in [3.63, 3.8) is 0 Å². The molecule has 3 atom stereocenters. The molecule has 9 heteroatoms. The highest BCUT2D eigenvalue weighted by atomic mass is 16.5. The molecule has 0 aliphatic carbocycles. The highest BCUT2D eigenvalue weighted by Gasteiger charge is 2.35. The van der Waals surface area contributed by atoms with Gasteiger partial charge in [0.25, 0.3) is 0 Å². The number of ether oxygens (including phenoxy) is 1. The van der Waals surface area contributed by atoms with Gasteiger partial charge in [-0.1, -0.05) is 12.1 Å². The Labute approximate surface area is 148 Å². The van der Waals surface area contributed by atoms with Crippen molar-refractivity contribution in [2.24, 2.45) is 0 Å². The molecular formula is C17H19N5O4. The van der Waals surface area contributed by atoms with E-state index in [0.717, 1.165) is 5.56 Å². The summed E-state index contributed by atoms with van der Waals surface area (Å²) in [6.45, 7) is 0.364. The van der Waals surface area contributed by atoms with E-state index in [2.05, 4.69) is 20.3 Å². The van der Waals surface area contributed by atoms with Crippen molar-refractivity contribution in [3.8, 4) is 5.75 Å². The molecule has 0 radical (unpaired) electrons. The number of anilines is 1. The van der Waals surface area contributed by atoms with Gasteiger partial charge < -0.3 is 25.4 Å². The first-order valence-corrected chi connectivity index (χ1v) is 8.29. The molecule has 0 spiro atoms. The summed E-state index contributed by atoms with van der Waals surface area (Å²) in [4.78, 5) is 12.9. The van der Waals surface area contributed by atoms with Crippen LogP contribution < -0.4 is 5.32 Å². The molecule has 136 valence electrons. The molecule has 4 N–H and O–H groups in total. The van der Waals surface area contributed by atoms with Crippen molar-refractivity contribution in [1.82, 2.24) is 19.5 Å². The van der Waals surface area contributed by atoms with Crippen molar-refractivity contribution >= 4 is 17.0 Å². The third kappa shape index (κ3) is 3.07. The van der Waals surface area contributed by atoms with Crippen LogP contribution >= 0.6 is 0 Å². The van der Waals surface area contributed by atoms with Crippen molar-refractivity contribution in [2.45, 2.75) is 31.4 Å². The highest BCUT2D eigenvalue weighted by molar-refractivity contribution is 5.82. The zero-order chi connectivity index (χ0) is 18.1. The lowest BCUT2D eigenvalue weighted by Crippen LogP contribution is -2.19. The van der Waals surface area contributed by atoms with Gasteiger partial charge in [0.2, 0.25) is 0 Å². The number of aliphatic hydroxyl groups is 2. The fourth-order valence-electron chi connectivity index (χ4n) is 3.06. The molecule has 2 aromatic heterocycles. The SMILES string of the molecule is OC[C@@H]1CC(O)[C@H](n2cnc3c(NCc4ccc(O)cc4)ncnc32)O1. The van der Waals surface area contributed by atoms with Crippen LogP contribution in [0.15, 0.2) is 36.9 Å². The predicted octanol–water partition coefficient (Wildman–Crippen LogP) is 0.785. The van der Waals surface area contributed by atoms with Crippen molar-refractivity contribution in [2.75, 3.05) is 11.9 Å². The van der Waals surface area contributed by atoms with Crippen LogP contribution in [0.2, 0.25) is 0 Å². The Kier molecular flexibility index (Phi) is 4.41. The standard InChI is InChI=1S/C17H19N5O4/c23-7-12-5-13(25)17(26-12)22-9-21-14-15(19-8-20-16(14)22)18-6-10-1-3-11(24)4-2-10/h1-4,8-9,12-13,17,23-25H,5-7H2,(H,18,19,20)/t12-,13?,17+/m0/s1. The van der Waals surface area contributed by atoms with Crippen LogP contribution in [-0.4, -0.2) is 53.7 Å². The number of nitrogens with one attached hydrogen (secondary N) is 1. The minimum Gasteiger partial charge on any atom is -0.508 e. The summed E-state index contributed by atoms with van der Waals surface area (Å²) in [5.74, 6) is 0.779. The summed E-state index contributed by atoms with van der Waals surface area (Å²) in [7, 11) is 0. The Bertz CT molecular complexity index is 898. The van der Waals surface area contributed by atoms with Gasteiger partial charge in [0, 0.05) is 13.0 Å². The summed E-state index contributed by atoms with van der Waals surface area (Å²) in [6, 6.07) is 6.88. The number of fused-ring (bicyclic) bond motifs is 1. The van der Waals surface area contributed by atoms with Crippen LogP contribution in [0.25, 0.3) is 11.2 Å². The average molecular weight is 357 g/mol. The number of hydrogen-bond donors (Lipinski definition) is 4. The van der Waals surface area contributed by atoms with Crippen LogP contribution in [0, 0.1) is 0 Å². The fraction of sp³-hybridized carbons (Fsp3) is 0.353.